The Morgan fingerprint density at radius 3 is 2.73 bits per heavy atom. The summed E-state index contributed by atoms with van der Waals surface area (Å²) in [4.78, 5) is 18.0. The molecule has 1 aliphatic heterocycles. The Kier molecular flexibility index (Phi) is 8.72. The molecule has 1 aliphatic carbocycles. The van der Waals surface area contributed by atoms with E-state index in [2.05, 4.69) is 59.0 Å². The Morgan fingerprint density at radius 2 is 1.93 bits per heavy atom. The van der Waals surface area contributed by atoms with Gasteiger partial charge in [0.1, 0.15) is 11.6 Å². The minimum Gasteiger partial charge on any atom is -0.494 e. The number of aryl methyl sites for hydroxylation is 1. The maximum atomic E-state index is 13.5. The van der Waals surface area contributed by atoms with Gasteiger partial charge in [0, 0.05) is 29.9 Å². The molecule has 1 aromatic heterocycles. The van der Waals surface area contributed by atoms with Crippen molar-refractivity contribution in [3.63, 3.8) is 0 Å². The van der Waals surface area contributed by atoms with Gasteiger partial charge in [0.25, 0.3) is 5.91 Å². The van der Waals surface area contributed by atoms with E-state index >= 15 is 0 Å². The van der Waals surface area contributed by atoms with Crippen LogP contribution in [0, 0.1) is 6.92 Å². The smallest absolute Gasteiger partial charge is 0.251 e. The van der Waals surface area contributed by atoms with Gasteiger partial charge in [-0.3, -0.25) is 4.79 Å². The van der Waals surface area contributed by atoms with Crippen LogP contribution in [0.4, 0.5) is 5.82 Å². The lowest BCUT2D eigenvalue weighted by Gasteiger charge is -2.28. The molecule has 7 nitrogen and oxygen atoms in total. The Labute approximate surface area is 237 Å². The van der Waals surface area contributed by atoms with E-state index in [9.17, 15) is 9.90 Å². The quantitative estimate of drug-likeness (QED) is 0.347. The van der Waals surface area contributed by atoms with Gasteiger partial charge in [0.15, 0.2) is 0 Å². The predicted molar refractivity (Wildman–Crippen MR) is 159 cm³/mol. The molecule has 1 amide bonds. The number of pyridine rings is 1. The van der Waals surface area contributed by atoms with E-state index in [1.165, 1.54) is 11.1 Å². The van der Waals surface area contributed by atoms with Crippen molar-refractivity contribution in [3.05, 3.63) is 88.6 Å². The molecule has 1 saturated carbocycles. The monoisotopic (exact) mass is 542 g/mol. The van der Waals surface area contributed by atoms with Crippen LogP contribution in [0.5, 0.6) is 5.75 Å². The minimum absolute atomic E-state index is 0.120. The molecule has 2 heterocycles. The molecule has 1 fully saturated rings. The predicted octanol–water partition coefficient (Wildman–Crippen LogP) is 5.08. The summed E-state index contributed by atoms with van der Waals surface area (Å²) in [7, 11) is 0. The molecular formula is C33H42N4O3. The molecule has 2 aliphatic rings. The SMILES string of the molecule is Cc1cc2cc(n1)NCCCCOc1cccc(c1)C[C@@H]([C@H](O)CNC1(c3cccc(C(C)C)c3)CC1)NC2=O. The van der Waals surface area contributed by atoms with Gasteiger partial charge < -0.3 is 25.8 Å². The zero-order valence-corrected chi connectivity index (χ0v) is 23.9. The number of carbonyl (C=O) groups excluding carboxylic acids is 1. The van der Waals surface area contributed by atoms with Gasteiger partial charge in [-0.05, 0) is 85.9 Å². The summed E-state index contributed by atoms with van der Waals surface area (Å²) in [6, 6.07) is 19.8. The molecule has 3 aromatic rings. The van der Waals surface area contributed by atoms with Crippen molar-refractivity contribution < 1.29 is 14.6 Å². The van der Waals surface area contributed by atoms with Gasteiger partial charge in [-0.15, -0.1) is 0 Å². The van der Waals surface area contributed by atoms with E-state index in [-0.39, 0.29) is 11.4 Å². The fourth-order valence-electron chi connectivity index (χ4n) is 5.41. The second-order valence-corrected chi connectivity index (χ2v) is 11.6. The van der Waals surface area contributed by atoms with Crippen LogP contribution in [0.3, 0.4) is 0 Å². The van der Waals surface area contributed by atoms with E-state index in [1.54, 1.807) is 12.1 Å². The van der Waals surface area contributed by atoms with Crippen LogP contribution in [0.1, 0.15) is 78.2 Å². The summed E-state index contributed by atoms with van der Waals surface area (Å²) >= 11 is 0. The van der Waals surface area contributed by atoms with Crippen LogP contribution in [0.15, 0.2) is 60.7 Å². The van der Waals surface area contributed by atoms with Gasteiger partial charge in [0.05, 0.1) is 18.8 Å². The first-order valence-electron chi connectivity index (χ1n) is 14.6. The minimum atomic E-state index is -0.793. The van der Waals surface area contributed by atoms with Crippen molar-refractivity contribution >= 4 is 11.7 Å². The van der Waals surface area contributed by atoms with Gasteiger partial charge in [-0.25, -0.2) is 4.98 Å². The molecule has 4 N–H and O–H groups in total. The lowest BCUT2D eigenvalue weighted by molar-refractivity contribution is 0.0822. The van der Waals surface area contributed by atoms with E-state index < -0.39 is 12.1 Å². The average molecular weight is 543 g/mol. The highest BCUT2D eigenvalue weighted by Gasteiger charge is 2.44. The van der Waals surface area contributed by atoms with E-state index in [0.717, 1.165) is 49.2 Å². The molecule has 7 heteroatoms. The molecule has 0 saturated heterocycles. The number of hydrogen-bond donors (Lipinski definition) is 4. The molecular weight excluding hydrogens is 500 g/mol. The number of ether oxygens (including phenoxy) is 1. The topological polar surface area (TPSA) is 95.5 Å². The number of anilines is 1. The Balaban J connectivity index is 1.36. The van der Waals surface area contributed by atoms with Crippen LogP contribution >= 0.6 is 0 Å². The number of fused-ring (bicyclic) bond motifs is 4. The number of aliphatic hydroxyl groups is 1. The molecule has 2 atom stereocenters. The number of hydrogen-bond acceptors (Lipinski definition) is 6. The average Bonchev–Trinajstić information content (AvgIpc) is 3.74. The van der Waals surface area contributed by atoms with Crippen molar-refractivity contribution in [2.75, 3.05) is 25.0 Å². The standard InChI is InChI=1S/C33H42N4O3/c1-22(2)25-9-7-10-27(19-25)33(12-13-33)35-21-30(38)29-18-24-8-6-11-28(17-24)40-15-5-4-14-34-31-20-26(32(39)37-29)16-23(3)36-31/h6-11,16-17,19-20,22,29-30,35,38H,4-5,12-15,18,21H2,1-3H3,(H,34,36)(H,37,39)/t29-,30+/m0/s1. The Hall–Kier alpha value is -3.42. The van der Waals surface area contributed by atoms with Crippen LogP contribution in [-0.4, -0.2) is 47.8 Å². The summed E-state index contributed by atoms with van der Waals surface area (Å²) in [6.07, 6.45) is 3.59. The second-order valence-electron chi connectivity index (χ2n) is 11.6. The lowest BCUT2D eigenvalue weighted by atomic mass is 9.95. The molecule has 5 rings (SSSR count). The normalized spacial score (nSPS) is 19.7. The summed E-state index contributed by atoms with van der Waals surface area (Å²) in [5, 5.41) is 21.6. The summed E-state index contributed by atoms with van der Waals surface area (Å²) in [5.41, 5.74) is 4.78. The van der Waals surface area contributed by atoms with Gasteiger partial charge in [-0.1, -0.05) is 50.2 Å². The maximum Gasteiger partial charge on any atom is 0.251 e. The van der Waals surface area contributed by atoms with E-state index in [4.69, 9.17) is 4.74 Å². The number of carbonyl (C=O) groups is 1. The van der Waals surface area contributed by atoms with Crippen LogP contribution in [-0.2, 0) is 12.0 Å². The number of benzene rings is 2. The first-order valence-corrected chi connectivity index (χ1v) is 14.6. The van der Waals surface area contributed by atoms with Crippen LogP contribution in [0.25, 0.3) is 0 Å². The fourth-order valence-corrected chi connectivity index (χ4v) is 5.41. The van der Waals surface area contributed by atoms with Crippen LogP contribution < -0.4 is 20.7 Å². The largest absolute Gasteiger partial charge is 0.494 e. The van der Waals surface area contributed by atoms with Gasteiger partial charge in [-0.2, -0.15) is 0 Å². The van der Waals surface area contributed by atoms with Crippen LogP contribution in [0.2, 0.25) is 0 Å². The van der Waals surface area contributed by atoms with Gasteiger partial charge in [0.2, 0.25) is 0 Å². The number of rotatable bonds is 6. The Morgan fingerprint density at radius 1 is 1.10 bits per heavy atom. The third-order valence-electron chi connectivity index (χ3n) is 8.00. The molecule has 0 unspecified atom stereocenters. The third kappa shape index (κ3) is 7.01. The number of aromatic nitrogens is 1. The van der Waals surface area contributed by atoms with Crippen molar-refractivity contribution in [2.24, 2.45) is 0 Å². The Bertz CT molecular complexity index is 1320. The lowest BCUT2D eigenvalue weighted by Crippen LogP contribution is -2.50. The van der Waals surface area contributed by atoms with Crippen molar-refractivity contribution in [3.8, 4) is 5.75 Å². The zero-order chi connectivity index (χ0) is 28.1. The zero-order valence-electron chi connectivity index (χ0n) is 23.9. The molecule has 40 heavy (non-hydrogen) atoms. The highest BCUT2D eigenvalue weighted by atomic mass is 16.5. The van der Waals surface area contributed by atoms with E-state index in [0.29, 0.717) is 36.9 Å². The van der Waals surface area contributed by atoms with Crippen molar-refractivity contribution in [1.82, 2.24) is 15.6 Å². The number of nitrogens with zero attached hydrogens (tertiary/aromatic N) is 1. The summed E-state index contributed by atoms with van der Waals surface area (Å²) < 4.78 is 6.00. The highest BCUT2D eigenvalue weighted by molar-refractivity contribution is 5.95. The molecule has 2 aromatic carbocycles. The van der Waals surface area contributed by atoms with Crippen molar-refractivity contribution in [1.29, 1.82) is 0 Å². The first-order chi connectivity index (χ1) is 19.3. The molecule has 212 valence electrons. The third-order valence-corrected chi connectivity index (χ3v) is 8.00. The highest BCUT2D eigenvalue weighted by Crippen LogP contribution is 2.46. The molecule has 4 bridgehead atoms. The fraction of sp³-hybridized carbons (Fsp3) is 0.455. The maximum absolute atomic E-state index is 13.5. The summed E-state index contributed by atoms with van der Waals surface area (Å²) in [6.45, 7) is 8.05. The molecule has 0 radical (unpaired) electrons. The van der Waals surface area contributed by atoms with E-state index in [1.807, 2.05) is 31.2 Å². The van der Waals surface area contributed by atoms with Crippen molar-refractivity contribution in [2.45, 2.75) is 76.5 Å². The van der Waals surface area contributed by atoms with Gasteiger partial charge >= 0.3 is 0 Å². The summed E-state index contributed by atoms with van der Waals surface area (Å²) in [5.74, 6) is 1.73. The number of amides is 1. The first kappa shape index (κ1) is 28.1. The molecule has 0 spiro atoms. The number of aliphatic hydroxyl groups excluding tert-OH is 1. The second kappa shape index (κ2) is 12.4. The number of nitrogens with one attached hydrogen (secondary N) is 3.